The number of anilines is 2. The molecule has 5 aromatic heterocycles. The Balaban J connectivity index is 1.16. The van der Waals surface area contributed by atoms with E-state index in [0.29, 0.717) is 35.1 Å². The monoisotopic (exact) mass is 550 g/mol. The predicted octanol–water partition coefficient (Wildman–Crippen LogP) is 4.62. The van der Waals surface area contributed by atoms with Crippen molar-refractivity contribution < 1.29 is 4.79 Å². The Morgan fingerprint density at radius 2 is 1.83 bits per heavy atom. The molecule has 210 valence electrons. The van der Waals surface area contributed by atoms with Crippen molar-refractivity contribution in [3.05, 3.63) is 43.0 Å². The summed E-state index contributed by atoms with van der Waals surface area (Å²) in [5, 5.41) is 11.4. The molecule has 0 radical (unpaired) electrons. The average Bonchev–Trinajstić information content (AvgIpc) is 3.62. The van der Waals surface area contributed by atoms with Crippen LogP contribution in [0.3, 0.4) is 0 Å². The Morgan fingerprint density at radius 3 is 2.68 bits per heavy atom. The number of fused-ring (bicyclic) bond motifs is 2. The lowest BCUT2D eigenvalue weighted by molar-refractivity contribution is -0.117. The first-order valence-electron chi connectivity index (χ1n) is 14.5. The van der Waals surface area contributed by atoms with Crippen LogP contribution in [0.15, 0.2) is 43.0 Å². The van der Waals surface area contributed by atoms with E-state index in [1.165, 1.54) is 19.3 Å². The predicted molar refractivity (Wildman–Crippen MR) is 160 cm³/mol. The number of nitrogens with one attached hydrogen (secondary N) is 3. The number of nitrogens with zero attached hydrogens (tertiary/aromatic N) is 7. The second-order valence-corrected chi connectivity index (χ2v) is 11.3. The number of hydrogen-bond donors (Lipinski definition) is 3. The normalized spacial score (nSPS) is 17.0. The van der Waals surface area contributed by atoms with Gasteiger partial charge in [-0.1, -0.05) is 19.3 Å². The summed E-state index contributed by atoms with van der Waals surface area (Å²) in [6.07, 6.45) is 13.7. The van der Waals surface area contributed by atoms with Gasteiger partial charge in [-0.2, -0.15) is 5.10 Å². The van der Waals surface area contributed by atoms with E-state index in [-0.39, 0.29) is 5.91 Å². The molecular formula is C30H34N10O. The fourth-order valence-electron chi connectivity index (χ4n) is 6.10. The van der Waals surface area contributed by atoms with Gasteiger partial charge in [0.25, 0.3) is 0 Å². The van der Waals surface area contributed by atoms with Crippen LogP contribution in [0.4, 0.5) is 11.4 Å². The molecule has 0 spiro atoms. The molecule has 6 heterocycles. The van der Waals surface area contributed by atoms with Crippen molar-refractivity contribution in [1.29, 1.82) is 0 Å². The van der Waals surface area contributed by atoms with E-state index in [4.69, 9.17) is 4.98 Å². The number of hydrogen-bond acceptors (Lipinski definition) is 8. The zero-order valence-corrected chi connectivity index (χ0v) is 23.2. The maximum absolute atomic E-state index is 12.7. The third kappa shape index (κ3) is 5.24. The van der Waals surface area contributed by atoms with Gasteiger partial charge < -0.3 is 20.1 Å². The Hall–Kier alpha value is -4.38. The molecule has 0 unspecified atom stereocenters. The minimum atomic E-state index is 0.0518. The number of H-pyrrole nitrogens is 2. The molecule has 0 aromatic carbocycles. The quantitative estimate of drug-likeness (QED) is 0.279. The van der Waals surface area contributed by atoms with Gasteiger partial charge in [0.2, 0.25) is 5.91 Å². The standard InChI is InChI=1S/C30H34N10O/c1-39-9-11-40(12-10-39)24-7-8-32-29-27(24)35-30(36-29)26-23-15-21(17-33-28(23)38-37-26)20-14-22(18-31-16-20)34-25(41)13-19-5-3-2-4-6-19/h7-8,14-19H,2-6,9-13H2,1H3,(H,34,41)(H,32,35,36)(H,33,37,38). The van der Waals surface area contributed by atoms with Crippen molar-refractivity contribution in [2.45, 2.75) is 38.5 Å². The van der Waals surface area contributed by atoms with Gasteiger partial charge in [-0.05, 0) is 44.0 Å². The zero-order valence-electron chi connectivity index (χ0n) is 23.2. The van der Waals surface area contributed by atoms with Crippen LogP contribution < -0.4 is 10.2 Å². The first-order chi connectivity index (χ1) is 20.1. The maximum atomic E-state index is 12.7. The molecule has 2 aliphatic rings. The fourth-order valence-corrected chi connectivity index (χ4v) is 6.10. The van der Waals surface area contributed by atoms with E-state index in [2.05, 4.69) is 52.3 Å². The highest BCUT2D eigenvalue weighted by Crippen LogP contribution is 2.32. The highest BCUT2D eigenvalue weighted by Gasteiger charge is 2.21. The highest BCUT2D eigenvalue weighted by atomic mass is 16.1. The molecule has 1 saturated heterocycles. The number of pyridine rings is 3. The van der Waals surface area contributed by atoms with E-state index >= 15 is 0 Å². The summed E-state index contributed by atoms with van der Waals surface area (Å²) < 4.78 is 0. The van der Waals surface area contributed by atoms with Crippen LogP contribution in [0.5, 0.6) is 0 Å². The van der Waals surface area contributed by atoms with Gasteiger partial charge in [0.05, 0.1) is 23.0 Å². The Labute approximate surface area is 237 Å². The molecule has 3 N–H and O–H groups in total. The van der Waals surface area contributed by atoms with Crippen LogP contribution in [-0.4, -0.2) is 79.2 Å². The van der Waals surface area contributed by atoms with Crippen LogP contribution in [0.25, 0.3) is 44.8 Å². The second kappa shape index (κ2) is 10.9. The summed E-state index contributed by atoms with van der Waals surface area (Å²) in [5.74, 6) is 1.20. The SMILES string of the molecule is CN1CCN(c2ccnc3nc(-c4[nH]nc5ncc(-c6cncc(NC(=O)CC7CCCCC7)c6)cc45)[nH]c23)CC1. The highest BCUT2D eigenvalue weighted by molar-refractivity contribution is 5.95. The van der Waals surface area contributed by atoms with Gasteiger partial charge in [-0.15, -0.1) is 0 Å². The first kappa shape index (κ1) is 25.6. The van der Waals surface area contributed by atoms with Crippen LogP contribution in [0.2, 0.25) is 0 Å². The fraction of sp³-hybridized carbons (Fsp3) is 0.400. The number of likely N-dealkylation sites (N-methyl/N-ethyl adjacent to an activating group) is 1. The number of carbonyl (C=O) groups excluding carboxylic acids is 1. The van der Waals surface area contributed by atoms with Crippen molar-refractivity contribution >= 4 is 39.5 Å². The Kier molecular flexibility index (Phi) is 6.79. The van der Waals surface area contributed by atoms with E-state index in [1.807, 2.05) is 24.4 Å². The molecule has 0 bridgehead atoms. The number of aromatic amines is 2. The van der Waals surface area contributed by atoms with Crippen molar-refractivity contribution in [2.24, 2.45) is 5.92 Å². The largest absolute Gasteiger partial charge is 0.367 e. The minimum Gasteiger partial charge on any atom is -0.367 e. The number of imidazole rings is 1. The molecule has 7 rings (SSSR count). The molecule has 41 heavy (non-hydrogen) atoms. The van der Waals surface area contributed by atoms with Crippen molar-refractivity contribution in [3.63, 3.8) is 0 Å². The molecule has 5 aromatic rings. The third-order valence-corrected chi connectivity index (χ3v) is 8.41. The van der Waals surface area contributed by atoms with Crippen LogP contribution in [0.1, 0.15) is 38.5 Å². The van der Waals surface area contributed by atoms with Gasteiger partial charge in [-0.25, -0.2) is 15.0 Å². The number of piperazine rings is 1. The molecule has 0 atom stereocenters. The van der Waals surface area contributed by atoms with E-state index in [0.717, 1.165) is 72.4 Å². The number of aromatic nitrogens is 7. The molecule has 11 nitrogen and oxygen atoms in total. The number of carbonyl (C=O) groups is 1. The lowest BCUT2D eigenvalue weighted by Gasteiger charge is -2.34. The average molecular weight is 551 g/mol. The summed E-state index contributed by atoms with van der Waals surface area (Å²) in [5.41, 5.74) is 6.48. The van der Waals surface area contributed by atoms with Gasteiger partial charge in [-0.3, -0.25) is 14.9 Å². The van der Waals surface area contributed by atoms with Gasteiger partial charge >= 0.3 is 0 Å². The molecule has 1 saturated carbocycles. The molecule has 1 aliphatic carbocycles. The Morgan fingerprint density at radius 1 is 1.00 bits per heavy atom. The molecule has 2 fully saturated rings. The maximum Gasteiger partial charge on any atom is 0.224 e. The summed E-state index contributed by atoms with van der Waals surface area (Å²) in [6, 6.07) is 6.03. The zero-order chi connectivity index (χ0) is 27.8. The molecule has 1 amide bonds. The van der Waals surface area contributed by atoms with E-state index < -0.39 is 0 Å². The van der Waals surface area contributed by atoms with Crippen molar-refractivity contribution in [3.8, 4) is 22.6 Å². The smallest absolute Gasteiger partial charge is 0.224 e. The van der Waals surface area contributed by atoms with Gasteiger partial charge in [0.15, 0.2) is 17.1 Å². The molecule has 11 heteroatoms. The van der Waals surface area contributed by atoms with E-state index in [1.54, 1.807) is 18.6 Å². The lowest BCUT2D eigenvalue weighted by Crippen LogP contribution is -2.44. The lowest BCUT2D eigenvalue weighted by atomic mass is 9.87. The van der Waals surface area contributed by atoms with Crippen LogP contribution >= 0.6 is 0 Å². The van der Waals surface area contributed by atoms with E-state index in [9.17, 15) is 4.79 Å². The topological polar surface area (TPSA) is 132 Å². The minimum absolute atomic E-state index is 0.0518. The van der Waals surface area contributed by atoms with Gasteiger partial charge in [0, 0.05) is 62.3 Å². The molecular weight excluding hydrogens is 516 g/mol. The third-order valence-electron chi connectivity index (χ3n) is 8.41. The Bertz CT molecular complexity index is 1690. The van der Waals surface area contributed by atoms with Crippen molar-refractivity contribution in [1.82, 2.24) is 40.0 Å². The number of amides is 1. The number of rotatable bonds is 6. The van der Waals surface area contributed by atoms with Gasteiger partial charge in [0.1, 0.15) is 11.2 Å². The summed E-state index contributed by atoms with van der Waals surface area (Å²) >= 11 is 0. The molecule has 1 aliphatic heterocycles. The van der Waals surface area contributed by atoms with Crippen LogP contribution in [-0.2, 0) is 4.79 Å². The summed E-state index contributed by atoms with van der Waals surface area (Å²) in [4.78, 5) is 39.2. The first-order valence-corrected chi connectivity index (χ1v) is 14.5. The van der Waals surface area contributed by atoms with Crippen LogP contribution in [0, 0.1) is 5.92 Å². The summed E-state index contributed by atoms with van der Waals surface area (Å²) in [6.45, 7) is 3.95. The summed E-state index contributed by atoms with van der Waals surface area (Å²) in [7, 11) is 2.15. The van der Waals surface area contributed by atoms with Crippen molar-refractivity contribution in [2.75, 3.05) is 43.4 Å². The second-order valence-electron chi connectivity index (χ2n) is 11.3.